The van der Waals surface area contributed by atoms with Crippen LogP contribution in [0.25, 0.3) is 0 Å². The zero-order valence-corrected chi connectivity index (χ0v) is 16.2. The molecule has 0 spiro atoms. The van der Waals surface area contributed by atoms with Crippen LogP contribution in [0.5, 0.6) is 0 Å². The van der Waals surface area contributed by atoms with Crippen LogP contribution in [0.15, 0.2) is 60.7 Å². The molecule has 2 saturated heterocycles. The van der Waals surface area contributed by atoms with Crippen molar-refractivity contribution >= 4 is 0 Å². The molecule has 2 aromatic rings. The van der Waals surface area contributed by atoms with Gasteiger partial charge in [0.2, 0.25) is 0 Å². The number of hydrogen-bond acceptors (Lipinski definition) is 6. The number of ether oxygens (including phenoxy) is 6. The maximum Gasteiger partial charge on any atom is 0.282 e. The van der Waals surface area contributed by atoms with Gasteiger partial charge in [0.05, 0.1) is 19.8 Å². The molecule has 2 fully saturated rings. The van der Waals surface area contributed by atoms with Crippen molar-refractivity contribution in [2.24, 2.45) is 0 Å². The minimum Gasteiger partial charge on any atom is -0.368 e. The summed E-state index contributed by atoms with van der Waals surface area (Å²) in [6.45, 7) is 3.01. The van der Waals surface area contributed by atoms with E-state index in [0.29, 0.717) is 19.8 Å². The van der Waals surface area contributed by atoms with Gasteiger partial charge in [-0.05, 0) is 11.1 Å². The molecule has 0 amide bonds. The van der Waals surface area contributed by atoms with E-state index < -0.39 is 18.4 Å². The summed E-state index contributed by atoms with van der Waals surface area (Å²) >= 11 is 0. The van der Waals surface area contributed by atoms with E-state index in [-0.39, 0.29) is 12.2 Å². The van der Waals surface area contributed by atoms with Crippen molar-refractivity contribution in [1.29, 1.82) is 0 Å². The van der Waals surface area contributed by atoms with Crippen LogP contribution >= 0.6 is 0 Å². The zero-order chi connectivity index (χ0) is 19.4. The van der Waals surface area contributed by atoms with Gasteiger partial charge in [0.15, 0.2) is 6.29 Å². The van der Waals surface area contributed by atoms with Crippen LogP contribution in [0, 0.1) is 0 Å². The molecule has 6 nitrogen and oxygen atoms in total. The summed E-state index contributed by atoms with van der Waals surface area (Å²) in [5.41, 5.74) is 2.18. The Labute approximate surface area is 165 Å². The third kappa shape index (κ3) is 4.43. The van der Waals surface area contributed by atoms with Crippen LogP contribution in [0.1, 0.15) is 18.1 Å². The largest absolute Gasteiger partial charge is 0.368 e. The fourth-order valence-corrected chi connectivity index (χ4v) is 3.44. The normalized spacial score (nSPS) is 32.2. The van der Waals surface area contributed by atoms with Crippen LogP contribution in [-0.2, 0) is 41.6 Å². The Morgan fingerprint density at radius 1 is 0.893 bits per heavy atom. The van der Waals surface area contributed by atoms with Gasteiger partial charge >= 0.3 is 0 Å². The third-order valence-corrected chi connectivity index (χ3v) is 5.03. The second-order valence-corrected chi connectivity index (χ2v) is 7.06. The van der Waals surface area contributed by atoms with Crippen molar-refractivity contribution in [3.8, 4) is 0 Å². The lowest BCUT2D eigenvalue weighted by Gasteiger charge is -2.37. The molecule has 0 aliphatic carbocycles. The molecule has 0 aromatic heterocycles. The highest BCUT2D eigenvalue weighted by Crippen LogP contribution is 2.37. The highest BCUT2D eigenvalue weighted by Gasteiger charge is 2.54. The van der Waals surface area contributed by atoms with Crippen molar-refractivity contribution < 1.29 is 28.4 Å². The topological polar surface area (TPSA) is 55.4 Å². The SMILES string of the molecule is COC1(C)O[C@H]2OC[C@@H](OCc3ccccc3)[C@H](OCc3ccccc3)[C@H]2O1. The van der Waals surface area contributed by atoms with Crippen LogP contribution in [0.4, 0.5) is 0 Å². The first-order valence-corrected chi connectivity index (χ1v) is 9.50. The van der Waals surface area contributed by atoms with E-state index in [4.69, 9.17) is 28.4 Å². The molecule has 0 N–H and O–H groups in total. The Morgan fingerprint density at radius 3 is 2.11 bits per heavy atom. The Hall–Kier alpha value is -1.80. The zero-order valence-electron chi connectivity index (χ0n) is 16.2. The van der Waals surface area contributed by atoms with E-state index in [1.54, 1.807) is 14.0 Å². The number of methoxy groups -OCH3 is 1. The van der Waals surface area contributed by atoms with Crippen LogP contribution in [0.2, 0.25) is 0 Å². The monoisotopic (exact) mass is 386 g/mol. The molecule has 2 aliphatic rings. The maximum absolute atomic E-state index is 6.26. The molecule has 150 valence electrons. The summed E-state index contributed by atoms with van der Waals surface area (Å²) in [6, 6.07) is 20.1. The molecule has 1 unspecified atom stereocenters. The second-order valence-electron chi connectivity index (χ2n) is 7.06. The number of fused-ring (bicyclic) bond motifs is 1. The average Bonchev–Trinajstić information content (AvgIpc) is 3.09. The third-order valence-electron chi connectivity index (χ3n) is 5.03. The van der Waals surface area contributed by atoms with E-state index >= 15 is 0 Å². The number of hydrogen-bond donors (Lipinski definition) is 0. The molecule has 28 heavy (non-hydrogen) atoms. The summed E-state index contributed by atoms with van der Waals surface area (Å²) < 4.78 is 35.4. The van der Waals surface area contributed by atoms with Gasteiger partial charge in [0.25, 0.3) is 5.97 Å². The fraction of sp³-hybridized carbons (Fsp3) is 0.455. The molecule has 2 heterocycles. The first kappa shape index (κ1) is 19.5. The van der Waals surface area contributed by atoms with Crippen molar-refractivity contribution in [3.05, 3.63) is 71.8 Å². The van der Waals surface area contributed by atoms with Gasteiger partial charge in [0.1, 0.15) is 18.3 Å². The molecule has 0 saturated carbocycles. The van der Waals surface area contributed by atoms with Gasteiger partial charge in [-0.15, -0.1) is 0 Å². The van der Waals surface area contributed by atoms with E-state index in [1.165, 1.54) is 0 Å². The van der Waals surface area contributed by atoms with E-state index in [9.17, 15) is 0 Å². The molecular formula is C22H26O6. The smallest absolute Gasteiger partial charge is 0.282 e. The standard InChI is InChI=1S/C22H26O6/c1-22(23-2)27-20-19(25-14-17-11-7-4-8-12-17)18(15-26-21(20)28-22)24-13-16-9-5-3-6-10-16/h3-12,18-21H,13-15H2,1-2H3/t18-,19+,20-,21-,22?/m1/s1. The van der Waals surface area contributed by atoms with Crippen molar-refractivity contribution in [3.63, 3.8) is 0 Å². The molecule has 0 radical (unpaired) electrons. The van der Waals surface area contributed by atoms with Crippen molar-refractivity contribution in [2.45, 2.75) is 50.7 Å². The highest BCUT2D eigenvalue weighted by atomic mass is 16.9. The minimum atomic E-state index is -1.15. The fourth-order valence-electron chi connectivity index (χ4n) is 3.44. The van der Waals surface area contributed by atoms with Gasteiger partial charge in [-0.2, -0.15) is 0 Å². The van der Waals surface area contributed by atoms with E-state index in [0.717, 1.165) is 11.1 Å². The molecule has 6 heteroatoms. The van der Waals surface area contributed by atoms with Crippen LogP contribution < -0.4 is 0 Å². The number of rotatable bonds is 7. The van der Waals surface area contributed by atoms with Gasteiger partial charge in [-0.3, -0.25) is 4.74 Å². The molecule has 2 aliphatic heterocycles. The Morgan fingerprint density at radius 2 is 1.50 bits per heavy atom. The Balaban J connectivity index is 1.47. The predicted molar refractivity (Wildman–Crippen MR) is 101 cm³/mol. The van der Waals surface area contributed by atoms with Gasteiger partial charge < -0.3 is 23.7 Å². The van der Waals surface area contributed by atoms with E-state index in [2.05, 4.69) is 0 Å². The molecule has 2 aromatic carbocycles. The summed E-state index contributed by atoms with van der Waals surface area (Å²) in [4.78, 5) is 0. The molecule has 5 atom stereocenters. The van der Waals surface area contributed by atoms with Crippen molar-refractivity contribution in [1.82, 2.24) is 0 Å². The minimum absolute atomic E-state index is 0.284. The lowest BCUT2D eigenvalue weighted by Crippen LogP contribution is -2.53. The number of benzene rings is 2. The van der Waals surface area contributed by atoms with Crippen LogP contribution in [0.3, 0.4) is 0 Å². The summed E-state index contributed by atoms with van der Waals surface area (Å²) in [6.07, 6.45) is -1.63. The molecule has 4 rings (SSSR count). The van der Waals surface area contributed by atoms with Gasteiger partial charge in [0, 0.05) is 14.0 Å². The van der Waals surface area contributed by atoms with Crippen molar-refractivity contribution in [2.75, 3.05) is 13.7 Å². The maximum atomic E-state index is 6.26. The first-order valence-electron chi connectivity index (χ1n) is 9.50. The summed E-state index contributed by atoms with van der Waals surface area (Å²) in [5.74, 6) is -1.15. The lowest BCUT2D eigenvalue weighted by atomic mass is 10.0. The highest BCUT2D eigenvalue weighted by molar-refractivity contribution is 5.14. The first-order chi connectivity index (χ1) is 13.7. The Kier molecular flexibility index (Phi) is 6.06. The summed E-state index contributed by atoms with van der Waals surface area (Å²) in [7, 11) is 1.54. The predicted octanol–water partition coefficient (Wildman–Crippen LogP) is 3.25. The molecule has 0 bridgehead atoms. The summed E-state index contributed by atoms with van der Waals surface area (Å²) in [5, 5.41) is 0. The van der Waals surface area contributed by atoms with E-state index in [1.807, 2.05) is 60.7 Å². The molecular weight excluding hydrogens is 360 g/mol. The van der Waals surface area contributed by atoms with Gasteiger partial charge in [-0.1, -0.05) is 60.7 Å². The lowest BCUT2D eigenvalue weighted by molar-refractivity contribution is -0.331. The average molecular weight is 386 g/mol. The second kappa shape index (κ2) is 8.69. The van der Waals surface area contributed by atoms with Crippen LogP contribution in [-0.4, -0.2) is 44.3 Å². The Bertz CT molecular complexity index is 739. The van der Waals surface area contributed by atoms with Gasteiger partial charge in [-0.25, -0.2) is 0 Å². The quantitative estimate of drug-likeness (QED) is 0.728.